The van der Waals surface area contributed by atoms with Crippen LogP contribution in [0.1, 0.15) is 24.7 Å². The molecule has 0 radical (unpaired) electrons. The second-order valence-corrected chi connectivity index (χ2v) is 6.17. The molecule has 0 aliphatic rings. The number of H-pyrrole nitrogens is 2. The van der Waals surface area contributed by atoms with Gasteiger partial charge >= 0.3 is 0 Å². The van der Waals surface area contributed by atoms with E-state index >= 15 is 0 Å². The smallest absolute Gasteiger partial charge is 0.287 e. The van der Waals surface area contributed by atoms with Gasteiger partial charge in [-0.1, -0.05) is 19.1 Å². The maximum atomic E-state index is 4.73. The molecule has 2 aromatic heterocycles. The van der Waals surface area contributed by atoms with Gasteiger partial charge in [0, 0.05) is 6.42 Å². The van der Waals surface area contributed by atoms with E-state index < -0.39 is 0 Å². The minimum absolute atomic E-state index is 0.990. The van der Waals surface area contributed by atoms with E-state index in [0.717, 1.165) is 41.0 Å². The van der Waals surface area contributed by atoms with Gasteiger partial charge in [0.05, 0.1) is 23.6 Å². The molecule has 0 saturated heterocycles. The zero-order valence-electron chi connectivity index (χ0n) is 13.8. The fraction of sp³-hybridized carbons (Fsp3) is 0.263. The Morgan fingerprint density at radius 1 is 1.09 bits per heavy atom. The van der Waals surface area contributed by atoms with Gasteiger partial charge < -0.3 is 4.98 Å². The van der Waals surface area contributed by atoms with Crippen LogP contribution in [0.4, 0.5) is 0 Å². The van der Waals surface area contributed by atoms with Crippen molar-refractivity contribution in [3.8, 4) is 11.4 Å². The van der Waals surface area contributed by atoms with Gasteiger partial charge in [0.15, 0.2) is 11.0 Å². The number of hydrogen-bond acceptors (Lipinski definition) is 1. The number of fused-ring (bicyclic) bond motifs is 2. The minimum Gasteiger partial charge on any atom is -0.342 e. The predicted octanol–water partition coefficient (Wildman–Crippen LogP) is 3.80. The summed E-state index contributed by atoms with van der Waals surface area (Å²) >= 11 is 0. The van der Waals surface area contributed by atoms with Crippen molar-refractivity contribution in [3.05, 3.63) is 47.8 Å². The molecular formula is C19H21N4+. The van der Waals surface area contributed by atoms with Crippen LogP contribution in [0, 0.1) is 6.92 Å². The van der Waals surface area contributed by atoms with Gasteiger partial charge in [-0.2, -0.15) is 0 Å². The van der Waals surface area contributed by atoms with Crippen molar-refractivity contribution in [3.63, 3.8) is 0 Å². The zero-order valence-corrected chi connectivity index (χ0v) is 13.8. The number of benzene rings is 2. The lowest BCUT2D eigenvalue weighted by atomic mass is 10.1. The Hall–Kier alpha value is -2.62. The lowest BCUT2D eigenvalue weighted by molar-refractivity contribution is -0.633. The van der Waals surface area contributed by atoms with E-state index in [4.69, 9.17) is 4.98 Å². The fourth-order valence-corrected chi connectivity index (χ4v) is 3.30. The number of para-hydroxylation sites is 2. The maximum Gasteiger partial charge on any atom is 0.287 e. The second-order valence-electron chi connectivity index (χ2n) is 6.17. The Labute approximate surface area is 135 Å². The Balaban J connectivity index is 1.92. The van der Waals surface area contributed by atoms with Gasteiger partial charge in [-0.25, -0.2) is 14.5 Å². The van der Waals surface area contributed by atoms with Crippen molar-refractivity contribution in [2.75, 3.05) is 0 Å². The van der Waals surface area contributed by atoms with E-state index in [2.05, 4.69) is 71.8 Å². The van der Waals surface area contributed by atoms with Gasteiger partial charge in [0.25, 0.3) is 5.82 Å². The Morgan fingerprint density at radius 2 is 1.91 bits per heavy atom. The molecule has 116 valence electrons. The summed E-state index contributed by atoms with van der Waals surface area (Å²) in [5.41, 5.74) is 6.93. The summed E-state index contributed by atoms with van der Waals surface area (Å²) in [6.45, 7) is 4.31. The predicted molar refractivity (Wildman–Crippen MR) is 93.3 cm³/mol. The average molecular weight is 305 g/mol. The minimum atomic E-state index is 0.990. The van der Waals surface area contributed by atoms with Gasteiger partial charge in [0.2, 0.25) is 0 Å². The number of nitrogens with one attached hydrogen (secondary N) is 2. The molecule has 4 aromatic rings. The van der Waals surface area contributed by atoms with Crippen LogP contribution in [0.2, 0.25) is 0 Å². The van der Waals surface area contributed by atoms with Crippen molar-refractivity contribution < 1.29 is 4.57 Å². The Kier molecular flexibility index (Phi) is 3.18. The highest BCUT2D eigenvalue weighted by Gasteiger charge is 2.18. The first-order valence-corrected chi connectivity index (χ1v) is 8.13. The van der Waals surface area contributed by atoms with Crippen LogP contribution in [0.25, 0.3) is 33.5 Å². The van der Waals surface area contributed by atoms with Crippen molar-refractivity contribution >= 4 is 22.1 Å². The van der Waals surface area contributed by atoms with Crippen LogP contribution >= 0.6 is 0 Å². The van der Waals surface area contributed by atoms with Gasteiger partial charge in [-0.15, -0.1) is 0 Å². The number of nitrogens with zero attached hydrogens (tertiary/aromatic N) is 2. The monoisotopic (exact) mass is 305 g/mol. The first kappa shape index (κ1) is 14.0. The third-order valence-corrected chi connectivity index (χ3v) is 4.44. The van der Waals surface area contributed by atoms with Gasteiger partial charge in [-0.05, 0) is 43.2 Å². The largest absolute Gasteiger partial charge is 0.342 e. The van der Waals surface area contributed by atoms with Crippen LogP contribution in [0.15, 0.2) is 36.4 Å². The SMILES string of the molecule is CCCc1nc2c(C)cc(-c3[nH]c4ccccc4[n+]3C)cc2[nH]1. The summed E-state index contributed by atoms with van der Waals surface area (Å²) in [5.74, 6) is 2.19. The van der Waals surface area contributed by atoms with Crippen LogP contribution in [-0.4, -0.2) is 15.0 Å². The number of aromatic nitrogens is 4. The van der Waals surface area contributed by atoms with Gasteiger partial charge in [-0.3, -0.25) is 0 Å². The number of imidazole rings is 2. The molecule has 0 saturated carbocycles. The Morgan fingerprint density at radius 3 is 2.70 bits per heavy atom. The highest BCUT2D eigenvalue weighted by Crippen LogP contribution is 2.25. The summed E-state index contributed by atoms with van der Waals surface area (Å²) in [4.78, 5) is 11.7. The molecule has 23 heavy (non-hydrogen) atoms. The molecule has 2 N–H and O–H groups in total. The number of aryl methyl sites for hydroxylation is 3. The standard InChI is InChI=1S/C19H20N4/c1-4-7-17-20-15-11-13(10-12(2)18(15)22-17)19-21-14-8-5-6-9-16(14)23(19)3/h5-6,8-11H,4,7H2,1-3H3,(H,20,21,22)/p+1. The second kappa shape index (κ2) is 5.23. The molecule has 0 spiro atoms. The molecule has 2 aromatic carbocycles. The van der Waals surface area contributed by atoms with Crippen molar-refractivity contribution in [1.82, 2.24) is 15.0 Å². The van der Waals surface area contributed by atoms with E-state index in [-0.39, 0.29) is 0 Å². The van der Waals surface area contributed by atoms with Crippen molar-refractivity contribution in [1.29, 1.82) is 0 Å². The molecule has 0 aliphatic heterocycles. The van der Waals surface area contributed by atoms with Crippen molar-refractivity contribution in [2.45, 2.75) is 26.7 Å². The molecule has 0 unspecified atom stereocenters. The lowest BCUT2D eigenvalue weighted by Crippen LogP contribution is -2.29. The average Bonchev–Trinajstić information content (AvgIpc) is 3.10. The molecule has 0 atom stereocenters. The quantitative estimate of drug-likeness (QED) is 0.556. The van der Waals surface area contributed by atoms with Crippen LogP contribution in [0.5, 0.6) is 0 Å². The third kappa shape index (κ3) is 2.22. The summed E-state index contributed by atoms with van der Waals surface area (Å²) in [5, 5.41) is 0. The molecule has 4 heteroatoms. The van der Waals surface area contributed by atoms with Crippen LogP contribution < -0.4 is 4.57 Å². The van der Waals surface area contributed by atoms with Crippen molar-refractivity contribution in [2.24, 2.45) is 7.05 Å². The highest BCUT2D eigenvalue weighted by atomic mass is 15.1. The molecular weight excluding hydrogens is 284 g/mol. The molecule has 4 rings (SSSR count). The molecule has 0 amide bonds. The number of rotatable bonds is 3. The third-order valence-electron chi connectivity index (χ3n) is 4.44. The van der Waals surface area contributed by atoms with E-state index in [9.17, 15) is 0 Å². The maximum absolute atomic E-state index is 4.73. The summed E-state index contributed by atoms with van der Waals surface area (Å²) in [7, 11) is 2.10. The molecule has 4 nitrogen and oxygen atoms in total. The summed E-state index contributed by atoms with van der Waals surface area (Å²) < 4.78 is 2.21. The fourth-order valence-electron chi connectivity index (χ4n) is 3.30. The normalized spacial score (nSPS) is 11.6. The van der Waals surface area contributed by atoms with E-state index in [1.165, 1.54) is 16.6 Å². The molecule has 2 heterocycles. The van der Waals surface area contributed by atoms with E-state index in [0.29, 0.717) is 0 Å². The topological polar surface area (TPSA) is 48.4 Å². The zero-order chi connectivity index (χ0) is 16.0. The summed E-state index contributed by atoms with van der Waals surface area (Å²) in [6.07, 6.45) is 2.09. The van der Waals surface area contributed by atoms with Crippen LogP contribution in [0.3, 0.4) is 0 Å². The lowest BCUT2D eigenvalue weighted by Gasteiger charge is -2.00. The first-order chi connectivity index (χ1) is 11.2. The number of hydrogen-bond donors (Lipinski definition) is 2. The van der Waals surface area contributed by atoms with E-state index in [1.807, 2.05) is 0 Å². The highest BCUT2D eigenvalue weighted by molar-refractivity contribution is 5.84. The first-order valence-electron chi connectivity index (χ1n) is 8.13. The molecule has 0 fully saturated rings. The van der Waals surface area contributed by atoms with E-state index in [1.54, 1.807) is 0 Å². The summed E-state index contributed by atoms with van der Waals surface area (Å²) in [6, 6.07) is 12.8. The molecule has 0 aliphatic carbocycles. The van der Waals surface area contributed by atoms with Crippen LogP contribution in [-0.2, 0) is 13.5 Å². The Bertz CT molecular complexity index is 1010. The molecule has 0 bridgehead atoms. The number of aromatic amines is 2. The van der Waals surface area contributed by atoms with Gasteiger partial charge in [0.1, 0.15) is 5.82 Å².